The molecule has 5 rings (SSSR count). The number of carbonyl (C=O) groups excluding carboxylic acids is 3. The third kappa shape index (κ3) is 5.01. The predicted molar refractivity (Wildman–Crippen MR) is 143 cm³/mol. The van der Waals surface area contributed by atoms with Gasteiger partial charge in [0.2, 0.25) is 6.79 Å². The third-order valence-corrected chi connectivity index (χ3v) is 6.49. The summed E-state index contributed by atoms with van der Waals surface area (Å²) in [5.41, 5.74) is 0.821. The van der Waals surface area contributed by atoms with Crippen molar-refractivity contribution in [2.45, 2.75) is 13.5 Å². The summed E-state index contributed by atoms with van der Waals surface area (Å²) in [4.78, 5) is 39.4. The summed E-state index contributed by atoms with van der Waals surface area (Å²) in [5.74, 6) is -0.391. The highest BCUT2D eigenvalue weighted by Crippen LogP contribution is 2.38. The molecule has 9 nitrogen and oxygen atoms in total. The molecule has 0 atom stereocenters. The number of ether oxygens (including phenoxy) is 4. The first-order chi connectivity index (χ1) is 18.4. The van der Waals surface area contributed by atoms with Crippen molar-refractivity contribution in [3.05, 3.63) is 80.7 Å². The number of hydrogen-bond acceptors (Lipinski definition) is 7. The average molecular weight is 630 g/mol. The zero-order valence-electron chi connectivity index (χ0n) is 20.0. The standard InChI is InChI=1S/C27H20FIN2O7/c1-2-35-23-11-15(10-20(29)24(23)36-13-16-5-3-4-6-19(16)28)9-18-25(32)30-27(34)31(26(18)33)17-7-8-21-22(12-17)38-14-37-21/h3-12H,2,13-14H2,1H3,(H,30,32,34)/b18-9+. The summed E-state index contributed by atoms with van der Waals surface area (Å²) in [6, 6.07) is 13.3. The molecule has 0 radical (unpaired) electrons. The Morgan fingerprint density at radius 2 is 1.84 bits per heavy atom. The van der Waals surface area contributed by atoms with Crippen molar-refractivity contribution >= 4 is 52.2 Å². The van der Waals surface area contributed by atoms with Crippen LogP contribution in [0.25, 0.3) is 6.08 Å². The summed E-state index contributed by atoms with van der Waals surface area (Å²) in [6.45, 7) is 2.13. The molecule has 1 N–H and O–H groups in total. The zero-order chi connectivity index (χ0) is 26.8. The lowest BCUT2D eigenvalue weighted by Crippen LogP contribution is -2.54. The summed E-state index contributed by atoms with van der Waals surface area (Å²) in [7, 11) is 0. The topological polar surface area (TPSA) is 103 Å². The number of nitrogens with one attached hydrogen (secondary N) is 1. The van der Waals surface area contributed by atoms with E-state index in [-0.39, 0.29) is 30.5 Å². The van der Waals surface area contributed by atoms with Gasteiger partial charge in [0.05, 0.1) is 15.9 Å². The van der Waals surface area contributed by atoms with Crippen molar-refractivity contribution in [3.63, 3.8) is 0 Å². The monoisotopic (exact) mass is 630 g/mol. The maximum Gasteiger partial charge on any atom is 0.335 e. The fourth-order valence-electron chi connectivity index (χ4n) is 3.92. The van der Waals surface area contributed by atoms with E-state index in [4.69, 9.17) is 18.9 Å². The van der Waals surface area contributed by atoms with Gasteiger partial charge in [-0.3, -0.25) is 14.9 Å². The number of barbiturate groups is 1. The summed E-state index contributed by atoms with van der Waals surface area (Å²) in [5, 5.41) is 2.20. The van der Waals surface area contributed by atoms with E-state index in [1.165, 1.54) is 24.3 Å². The highest BCUT2D eigenvalue weighted by atomic mass is 127. The van der Waals surface area contributed by atoms with Gasteiger partial charge >= 0.3 is 6.03 Å². The van der Waals surface area contributed by atoms with E-state index in [1.807, 2.05) is 22.6 Å². The molecule has 0 bridgehead atoms. The molecular formula is C27H20FIN2O7. The van der Waals surface area contributed by atoms with Gasteiger partial charge < -0.3 is 18.9 Å². The van der Waals surface area contributed by atoms with Crippen LogP contribution >= 0.6 is 22.6 Å². The lowest BCUT2D eigenvalue weighted by atomic mass is 10.1. The Bertz CT molecular complexity index is 1490. The average Bonchev–Trinajstić information content (AvgIpc) is 3.35. The Kier molecular flexibility index (Phi) is 7.18. The third-order valence-electron chi connectivity index (χ3n) is 5.69. The maximum atomic E-state index is 14.1. The molecule has 0 spiro atoms. The van der Waals surface area contributed by atoms with Crippen molar-refractivity contribution < 1.29 is 37.7 Å². The van der Waals surface area contributed by atoms with Crippen molar-refractivity contribution in [1.82, 2.24) is 5.32 Å². The second kappa shape index (κ2) is 10.7. The number of anilines is 1. The zero-order valence-corrected chi connectivity index (χ0v) is 22.1. The van der Waals surface area contributed by atoms with Crippen LogP contribution in [0.3, 0.4) is 0 Å². The predicted octanol–water partition coefficient (Wildman–Crippen LogP) is 4.80. The molecule has 2 aliphatic heterocycles. The minimum absolute atomic E-state index is 0.0172. The molecule has 0 aromatic heterocycles. The van der Waals surface area contributed by atoms with E-state index < -0.39 is 17.8 Å². The Labute approximate surface area is 230 Å². The van der Waals surface area contributed by atoms with Crippen LogP contribution in [0.4, 0.5) is 14.9 Å². The van der Waals surface area contributed by atoms with Gasteiger partial charge in [0.15, 0.2) is 23.0 Å². The number of amides is 4. The van der Waals surface area contributed by atoms with E-state index in [0.717, 1.165) is 4.90 Å². The Morgan fingerprint density at radius 1 is 1.05 bits per heavy atom. The van der Waals surface area contributed by atoms with E-state index in [0.29, 0.717) is 44.3 Å². The molecule has 0 unspecified atom stereocenters. The van der Waals surface area contributed by atoms with E-state index >= 15 is 0 Å². The molecule has 1 saturated heterocycles. The molecule has 4 amide bonds. The van der Waals surface area contributed by atoms with Crippen molar-refractivity contribution in [2.75, 3.05) is 18.3 Å². The number of benzene rings is 3. The maximum absolute atomic E-state index is 14.1. The summed E-state index contributed by atoms with van der Waals surface area (Å²) in [6.07, 6.45) is 1.37. The second-order valence-electron chi connectivity index (χ2n) is 8.14. The number of halogens is 2. The Hall–Kier alpha value is -4.13. The highest BCUT2D eigenvalue weighted by molar-refractivity contribution is 14.1. The van der Waals surface area contributed by atoms with Gasteiger partial charge in [0.1, 0.15) is 18.0 Å². The van der Waals surface area contributed by atoms with Crippen LogP contribution in [-0.4, -0.2) is 31.2 Å². The van der Waals surface area contributed by atoms with Crippen molar-refractivity contribution in [3.8, 4) is 23.0 Å². The number of imide groups is 2. The van der Waals surface area contributed by atoms with Crippen molar-refractivity contribution in [2.24, 2.45) is 0 Å². The molecular weight excluding hydrogens is 610 g/mol. The second-order valence-corrected chi connectivity index (χ2v) is 9.30. The minimum Gasteiger partial charge on any atom is -0.490 e. The van der Waals surface area contributed by atoms with E-state index in [1.54, 1.807) is 43.3 Å². The SMILES string of the molecule is CCOc1cc(/C=C2\C(=O)NC(=O)N(c3ccc4c(c3)OCO4)C2=O)cc(I)c1OCc1ccccc1F. The summed E-state index contributed by atoms with van der Waals surface area (Å²) >= 11 is 2.04. The molecule has 0 aliphatic carbocycles. The number of rotatable bonds is 7. The molecule has 1 fully saturated rings. The van der Waals surface area contributed by atoms with Crippen LogP contribution in [0.1, 0.15) is 18.1 Å². The smallest absolute Gasteiger partial charge is 0.335 e. The van der Waals surface area contributed by atoms with Gasteiger partial charge in [0, 0.05) is 11.6 Å². The normalized spacial score (nSPS) is 15.6. The van der Waals surface area contributed by atoms with Gasteiger partial charge in [0.25, 0.3) is 11.8 Å². The highest BCUT2D eigenvalue weighted by Gasteiger charge is 2.37. The van der Waals surface area contributed by atoms with E-state index in [9.17, 15) is 18.8 Å². The first kappa shape index (κ1) is 25.5. The number of urea groups is 1. The molecule has 0 saturated carbocycles. The largest absolute Gasteiger partial charge is 0.490 e. The lowest BCUT2D eigenvalue weighted by Gasteiger charge is -2.26. The van der Waals surface area contributed by atoms with Crippen LogP contribution in [0.2, 0.25) is 0 Å². The Balaban J connectivity index is 1.46. The number of carbonyl (C=O) groups is 3. The van der Waals surface area contributed by atoms with Crippen molar-refractivity contribution in [1.29, 1.82) is 0 Å². The fourth-order valence-corrected chi connectivity index (χ4v) is 4.70. The fraction of sp³-hybridized carbons (Fsp3) is 0.148. The molecule has 3 aromatic carbocycles. The van der Waals surface area contributed by atoms with Gasteiger partial charge in [-0.25, -0.2) is 14.1 Å². The first-order valence-electron chi connectivity index (χ1n) is 11.5. The quantitative estimate of drug-likeness (QED) is 0.227. The van der Waals surface area contributed by atoms with Crippen LogP contribution in [0, 0.1) is 9.39 Å². The van der Waals surface area contributed by atoms with Gasteiger partial charge in [-0.15, -0.1) is 0 Å². The number of hydrogen-bond donors (Lipinski definition) is 1. The molecule has 194 valence electrons. The lowest BCUT2D eigenvalue weighted by molar-refractivity contribution is -0.122. The Morgan fingerprint density at radius 3 is 2.63 bits per heavy atom. The van der Waals surface area contributed by atoms with Crippen LogP contribution in [-0.2, 0) is 16.2 Å². The minimum atomic E-state index is -0.877. The molecule has 3 aromatic rings. The molecule has 2 aliphatic rings. The molecule has 38 heavy (non-hydrogen) atoms. The van der Waals surface area contributed by atoms with Crippen LogP contribution < -0.4 is 29.2 Å². The van der Waals surface area contributed by atoms with Gasteiger partial charge in [-0.2, -0.15) is 0 Å². The number of nitrogens with zero attached hydrogens (tertiary/aromatic N) is 1. The van der Waals surface area contributed by atoms with Crippen LogP contribution in [0.5, 0.6) is 23.0 Å². The molecule has 2 heterocycles. The van der Waals surface area contributed by atoms with Gasteiger partial charge in [-0.1, -0.05) is 18.2 Å². The van der Waals surface area contributed by atoms with Gasteiger partial charge in [-0.05, 0) is 71.5 Å². The molecule has 11 heteroatoms. The van der Waals surface area contributed by atoms with Crippen LogP contribution in [0.15, 0.2) is 60.2 Å². The summed E-state index contributed by atoms with van der Waals surface area (Å²) < 4.78 is 36.9. The number of fused-ring (bicyclic) bond motifs is 1. The van der Waals surface area contributed by atoms with E-state index in [2.05, 4.69) is 5.32 Å². The first-order valence-corrected chi connectivity index (χ1v) is 12.6.